The Bertz CT molecular complexity index is 1100. The number of benzene rings is 3. The molecule has 6 heteroatoms. The molecule has 1 N–H and O–H groups in total. The maximum Gasteiger partial charge on any atom is 0.264 e. The Morgan fingerprint density at radius 2 is 1.66 bits per heavy atom. The topological polar surface area (TPSA) is 57.6 Å². The molecule has 1 atom stereocenters. The summed E-state index contributed by atoms with van der Waals surface area (Å²) in [5.41, 5.74) is 0.311. The third-order valence-electron chi connectivity index (χ3n) is 5.11. The number of hydrogen-bond acceptors (Lipinski definition) is 3. The summed E-state index contributed by atoms with van der Waals surface area (Å²) < 4.78 is 0.848. The number of ketones is 1. The molecule has 4 nitrogen and oxygen atoms in total. The van der Waals surface area contributed by atoms with Crippen LogP contribution in [0.4, 0.5) is 5.69 Å². The van der Waals surface area contributed by atoms with Gasteiger partial charge in [0.1, 0.15) is 0 Å². The van der Waals surface area contributed by atoms with Crippen molar-refractivity contribution in [2.75, 3.05) is 4.90 Å². The van der Waals surface area contributed by atoms with Crippen LogP contribution in [0.15, 0.2) is 77.3 Å². The van der Waals surface area contributed by atoms with Crippen LogP contribution in [0.3, 0.4) is 0 Å². The van der Waals surface area contributed by atoms with Crippen LogP contribution in [-0.2, 0) is 16.9 Å². The van der Waals surface area contributed by atoms with Gasteiger partial charge in [0.2, 0.25) is 0 Å². The first-order valence-corrected chi connectivity index (χ1v) is 10.2. The molecule has 0 aliphatic carbocycles. The second-order valence-electron chi connectivity index (χ2n) is 6.97. The molecule has 146 valence electrons. The predicted molar refractivity (Wildman–Crippen MR) is 116 cm³/mol. The van der Waals surface area contributed by atoms with Gasteiger partial charge in [-0.05, 0) is 29.8 Å². The molecule has 0 saturated carbocycles. The molecule has 3 aromatic carbocycles. The third-order valence-corrected chi connectivity index (χ3v) is 6.01. The first-order valence-electron chi connectivity index (χ1n) is 9.06. The number of carbonyl (C=O) groups is 2. The van der Waals surface area contributed by atoms with Crippen molar-refractivity contribution >= 4 is 44.9 Å². The van der Waals surface area contributed by atoms with Crippen molar-refractivity contribution in [3.05, 3.63) is 99.0 Å². The first kappa shape index (κ1) is 19.8. The van der Waals surface area contributed by atoms with Crippen LogP contribution in [0, 0.1) is 0 Å². The molecule has 4 rings (SSSR count). The summed E-state index contributed by atoms with van der Waals surface area (Å²) in [5, 5.41) is 11.9. The minimum absolute atomic E-state index is 0.213. The van der Waals surface area contributed by atoms with Gasteiger partial charge < -0.3 is 10.0 Å². The lowest BCUT2D eigenvalue weighted by Gasteiger charge is -2.23. The number of carbonyl (C=O) groups excluding carboxylic acids is 2. The molecular formula is C23H17BrClNO3. The van der Waals surface area contributed by atoms with Crippen LogP contribution in [0.1, 0.15) is 27.9 Å². The van der Waals surface area contributed by atoms with Crippen LogP contribution in [0.2, 0.25) is 5.02 Å². The van der Waals surface area contributed by atoms with E-state index in [0.29, 0.717) is 21.8 Å². The largest absolute Gasteiger partial charge is 0.375 e. The average Bonchev–Trinajstić information content (AvgIpc) is 2.92. The van der Waals surface area contributed by atoms with E-state index in [4.69, 9.17) is 11.6 Å². The van der Waals surface area contributed by atoms with E-state index < -0.39 is 11.5 Å². The highest BCUT2D eigenvalue weighted by Gasteiger charge is 2.50. The van der Waals surface area contributed by atoms with Crippen molar-refractivity contribution in [2.24, 2.45) is 0 Å². The number of anilines is 1. The Morgan fingerprint density at radius 3 is 2.38 bits per heavy atom. The van der Waals surface area contributed by atoms with E-state index in [2.05, 4.69) is 15.9 Å². The molecule has 3 aromatic rings. The fraction of sp³-hybridized carbons (Fsp3) is 0.130. The quantitative estimate of drug-likeness (QED) is 0.527. The molecule has 29 heavy (non-hydrogen) atoms. The number of hydrogen-bond donors (Lipinski definition) is 1. The number of aliphatic hydroxyl groups is 1. The van der Waals surface area contributed by atoms with Crippen LogP contribution in [-0.4, -0.2) is 16.8 Å². The van der Waals surface area contributed by atoms with Crippen molar-refractivity contribution in [2.45, 2.75) is 18.6 Å². The van der Waals surface area contributed by atoms with E-state index in [1.807, 2.05) is 18.2 Å². The summed E-state index contributed by atoms with van der Waals surface area (Å²) in [6.07, 6.45) is -0.330. The number of para-hydroxylation sites is 1. The number of Topliss-reactive ketones (excluding diaryl/α,β-unsaturated/α-hetero) is 1. The molecule has 1 aliphatic heterocycles. The minimum atomic E-state index is -1.91. The van der Waals surface area contributed by atoms with E-state index in [-0.39, 0.29) is 18.7 Å². The molecule has 1 amide bonds. The second kappa shape index (κ2) is 7.75. The number of amides is 1. The van der Waals surface area contributed by atoms with Crippen molar-refractivity contribution in [3.63, 3.8) is 0 Å². The van der Waals surface area contributed by atoms with Crippen LogP contribution in [0.5, 0.6) is 0 Å². The highest BCUT2D eigenvalue weighted by molar-refractivity contribution is 9.10. The summed E-state index contributed by atoms with van der Waals surface area (Å²) in [6.45, 7) is 0.213. The highest BCUT2D eigenvalue weighted by atomic mass is 79.9. The SMILES string of the molecule is O=C(C[C@]1(O)C(=O)N(Cc2ccccc2Cl)c2ccccc21)c1ccc(Br)cc1. The molecule has 0 aromatic heterocycles. The van der Waals surface area contributed by atoms with Gasteiger partial charge in [0.05, 0.1) is 18.7 Å². The Hall–Kier alpha value is -2.47. The predicted octanol–water partition coefficient (Wildman–Crippen LogP) is 5.11. The molecule has 1 aliphatic rings. The summed E-state index contributed by atoms with van der Waals surface area (Å²) in [4.78, 5) is 27.6. The molecule has 0 spiro atoms. The molecule has 0 unspecified atom stereocenters. The Morgan fingerprint density at radius 1 is 1.00 bits per heavy atom. The van der Waals surface area contributed by atoms with E-state index in [1.165, 1.54) is 4.90 Å². The lowest BCUT2D eigenvalue weighted by atomic mass is 9.88. The monoisotopic (exact) mass is 469 g/mol. The summed E-state index contributed by atoms with van der Waals surface area (Å²) in [7, 11) is 0. The lowest BCUT2D eigenvalue weighted by molar-refractivity contribution is -0.136. The van der Waals surface area contributed by atoms with Gasteiger partial charge in [0.15, 0.2) is 11.4 Å². The molecule has 0 radical (unpaired) electrons. The van der Waals surface area contributed by atoms with Gasteiger partial charge in [-0.25, -0.2) is 0 Å². The zero-order chi connectivity index (χ0) is 20.6. The maximum atomic E-state index is 13.3. The second-order valence-corrected chi connectivity index (χ2v) is 8.29. The van der Waals surface area contributed by atoms with Gasteiger partial charge in [0.25, 0.3) is 5.91 Å². The Balaban J connectivity index is 1.69. The Kier molecular flexibility index (Phi) is 5.30. The molecular weight excluding hydrogens is 454 g/mol. The number of fused-ring (bicyclic) bond motifs is 1. The molecule has 0 fully saturated rings. The first-order chi connectivity index (χ1) is 13.9. The van der Waals surface area contributed by atoms with Crippen molar-refractivity contribution in [3.8, 4) is 0 Å². The fourth-order valence-corrected chi connectivity index (χ4v) is 4.06. The zero-order valence-corrected chi connectivity index (χ0v) is 17.7. The number of nitrogens with zero attached hydrogens (tertiary/aromatic N) is 1. The van der Waals surface area contributed by atoms with Gasteiger partial charge in [-0.2, -0.15) is 0 Å². The van der Waals surface area contributed by atoms with Crippen LogP contribution >= 0.6 is 27.5 Å². The molecule has 1 heterocycles. The Labute approximate surface area is 181 Å². The van der Waals surface area contributed by atoms with Crippen molar-refractivity contribution in [1.82, 2.24) is 0 Å². The van der Waals surface area contributed by atoms with Crippen molar-refractivity contribution in [1.29, 1.82) is 0 Å². The van der Waals surface area contributed by atoms with E-state index >= 15 is 0 Å². The summed E-state index contributed by atoms with van der Waals surface area (Å²) in [5.74, 6) is -0.827. The van der Waals surface area contributed by atoms with Crippen molar-refractivity contribution < 1.29 is 14.7 Å². The third kappa shape index (κ3) is 3.62. The minimum Gasteiger partial charge on any atom is -0.375 e. The lowest BCUT2D eigenvalue weighted by Crippen LogP contribution is -2.41. The summed E-state index contributed by atoms with van der Waals surface area (Å²) in [6, 6.07) is 21.1. The normalized spacial score (nSPS) is 18.0. The smallest absolute Gasteiger partial charge is 0.264 e. The van der Waals surface area contributed by atoms with Gasteiger partial charge in [0, 0.05) is 20.6 Å². The van der Waals surface area contributed by atoms with Gasteiger partial charge >= 0.3 is 0 Å². The number of rotatable bonds is 5. The van der Waals surface area contributed by atoms with Gasteiger partial charge in [-0.15, -0.1) is 0 Å². The van der Waals surface area contributed by atoms with Gasteiger partial charge in [-0.1, -0.05) is 76.1 Å². The molecule has 0 saturated heterocycles. The van der Waals surface area contributed by atoms with Crippen LogP contribution in [0.25, 0.3) is 0 Å². The average molecular weight is 471 g/mol. The zero-order valence-electron chi connectivity index (χ0n) is 15.3. The standard InChI is InChI=1S/C23H17BrClNO3/c24-17-11-9-15(10-12-17)21(27)13-23(29)18-6-2-4-8-20(18)26(22(23)28)14-16-5-1-3-7-19(16)25/h1-12,29H,13-14H2/t23-/m1/s1. The highest BCUT2D eigenvalue weighted by Crippen LogP contribution is 2.43. The number of halogens is 2. The van der Waals surface area contributed by atoms with Crippen LogP contribution < -0.4 is 4.90 Å². The van der Waals surface area contributed by atoms with Gasteiger partial charge in [-0.3, -0.25) is 9.59 Å². The fourth-order valence-electron chi connectivity index (χ4n) is 3.60. The molecule has 0 bridgehead atoms. The van der Waals surface area contributed by atoms with E-state index in [9.17, 15) is 14.7 Å². The maximum absolute atomic E-state index is 13.3. The summed E-state index contributed by atoms with van der Waals surface area (Å²) >= 11 is 9.60. The van der Waals surface area contributed by atoms with E-state index in [0.717, 1.165) is 10.0 Å². The van der Waals surface area contributed by atoms with E-state index in [1.54, 1.807) is 54.6 Å².